The van der Waals surface area contributed by atoms with Gasteiger partial charge >= 0.3 is 0 Å². The average molecular weight is 277 g/mol. The molecule has 1 N–H and O–H groups in total. The van der Waals surface area contributed by atoms with Crippen LogP contribution in [0.3, 0.4) is 0 Å². The van der Waals surface area contributed by atoms with Crippen LogP contribution in [0.25, 0.3) is 10.9 Å². The Morgan fingerprint density at radius 3 is 2.95 bits per heavy atom. The first-order valence-corrected chi connectivity index (χ1v) is 7.20. The molecule has 1 atom stereocenters. The van der Waals surface area contributed by atoms with Crippen LogP contribution in [0.2, 0.25) is 0 Å². The van der Waals surface area contributed by atoms with E-state index >= 15 is 0 Å². The quantitative estimate of drug-likeness (QED) is 0.782. The molecule has 0 spiro atoms. The Kier molecular flexibility index (Phi) is 3.32. The standard InChI is InChI=1S/C16H20N2.ClH/c1-11-7-10-18-15-6-9-17-8-5-13(15)14-4-2-3-12(11)16(14)18;/h2-4,11,17H,5-10H2,1H3;1H. The van der Waals surface area contributed by atoms with Crippen LogP contribution in [0.1, 0.15) is 36.1 Å². The summed E-state index contributed by atoms with van der Waals surface area (Å²) in [5.74, 6) is 0.720. The lowest BCUT2D eigenvalue weighted by atomic mass is 9.93. The first-order valence-electron chi connectivity index (χ1n) is 7.20. The Bertz CT molecular complexity index is 615. The second-order valence-corrected chi connectivity index (χ2v) is 5.76. The fraction of sp³-hybridized carbons (Fsp3) is 0.500. The van der Waals surface area contributed by atoms with Gasteiger partial charge in [0, 0.05) is 30.6 Å². The van der Waals surface area contributed by atoms with E-state index in [9.17, 15) is 0 Å². The van der Waals surface area contributed by atoms with Crippen LogP contribution in [-0.4, -0.2) is 17.7 Å². The number of nitrogens with one attached hydrogen (secondary N) is 1. The second kappa shape index (κ2) is 4.84. The van der Waals surface area contributed by atoms with E-state index in [0.29, 0.717) is 0 Å². The third-order valence-electron chi connectivity index (χ3n) is 4.74. The van der Waals surface area contributed by atoms with Crippen molar-refractivity contribution in [3.05, 3.63) is 35.0 Å². The zero-order valence-corrected chi connectivity index (χ0v) is 12.2. The molecule has 1 unspecified atom stereocenters. The highest BCUT2D eigenvalue weighted by molar-refractivity contribution is 5.89. The fourth-order valence-corrected chi connectivity index (χ4v) is 3.79. The molecule has 1 aromatic heterocycles. The van der Waals surface area contributed by atoms with Gasteiger partial charge in [-0.15, -0.1) is 12.4 Å². The van der Waals surface area contributed by atoms with E-state index in [-0.39, 0.29) is 12.4 Å². The highest BCUT2D eigenvalue weighted by Crippen LogP contribution is 2.38. The lowest BCUT2D eigenvalue weighted by Crippen LogP contribution is -2.18. The molecule has 0 saturated carbocycles. The van der Waals surface area contributed by atoms with Crippen LogP contribution < -0.4 is 5.32 Å². The molecular weight excluding hydrogens is 256 g/mol. The number of halogens is 1. The molecule has 3 heterocycles. The van der Waals surface area contributed by atoms with Crippen molar-refractivity contribution in [3.8, 4) is 0 Å². The topological polar surface area (TPSA) is 17.0 Å². The molecule has 2 aromatic rings. The lowest BCUT2D eigenvalue weighted by Gasteiger charge is -2.23. The summed E-state index contributed by atoms with van der Waals surface area (Å²) in [6, 6.07) is 6.92. The zero-order chi connectivity index (χ0) is 12.1. The molecule has 4 rings (SSSR count). The normalized spacial score (nSPS) is 21.6. The lowest BCUT2D eigenvalue weighted by molar-refractivity contribution is 0.546. The van der Waals surface area contributed by atoms with Gasteiger partial charge in [-0.1, -0.05) is 25.1 Å². The maximum absolute atomic E-state index is 3.52. The van der Waals surface area contributed by atoms with Gasteiger partial charge in [0.25, 0.3) is 0 Å². The maximum atomic E-state index is 3.52. The van der Waals surface area contributed by atoms with Gasteiger partial charge < -0.3 is 9.88 Å². The maximum Gasteiger partial charge on any atom is 0.0520 e. The number of rotatable bonds is 0. The van der Waals surface area contributed by atoms with Gasteiger partial charge in [-0.05, 0) is 36.4 Å². The van der Waals surface area contributed by atoms with E-state index in [1.807, 2.05) is 0 Å². The summed E-state index contributed by atoms with van der Waals surface area (Å²) in [5.41, 5.74) is 6.34. The monoisotopic (exact) mass is 276 g/mol. The molecule has 2 aliphatic rings. The average Bonchev–Trinajstić information content (AvgIpc) is 2.57. The van der Waals surface area contributed by atoms with Crippen LogP contribution in [0.15, 0.2) is 18.2 Å². The zero-order valence-electron chi connectivity index (χ0n) is 11.4. The van der Waals surface area contributed by atoms with Crippen molar-refractivity contribution in [2.24, 2.45) is 0 Å². The molecule has 0 radical (unpaired) electrons. The number of aryl methyl sites for hydroxylation is 1. The largest absolute Gasteiger partial charge is 0.344 e. The summed E-state index contributed by atoms with van der Waals surface area (Å²) >= 11 is 0. The van der Waals surface area contributed by atoms with Gasteiger partial charge in [0.05, 0.1) is 5.52 Å². The SMILES string of the molecule is CC1CCn2c3c(c4cccc1c42)CCNCC3.Cl. The smallest absolute Gasteiger partial charge is 0.0520 e. The van der Waals surface area contributed by atoms with Gasteiger partial charge in [0.2, 0.25) is 0 Å². The number of nitrogens with zero attached hydrogens (tertiary/aromatic N) is 1. The number of para-hydroxylation sites is 1. The van der Waals surface area contributed by atoms with E-state index in [0.717, 1.165) is 19.0 Å². The highest BCUT2D eigenvalue weighted by Gasteiger charge is 2.25. The minimum Gasteiger partial charge on any atom is -0.344 e. The van der Waals surface area contributed by atoms with Crippen molar-refractivity contribution >= 4 is 23.3 Å². The van der Waals surface area contributed by atoms with E-state index in [2.05, 4.69) is 35.0 Å². The second-order valence-electron chi connectivity index (χ2n) is 5.76. The summed E-state index contributed by atoms with van der Waals surface area (Å²) in [6.45, 7) is 5.85. The molecule has 0 fully saturated rings. The third-order valence-corrected chi connectivity index (χ3v) is 4.74. The Labute approximate surface area is 120 Å². The van der Waals surface area contributed by atoms with Crippen LogP contribution in [-0.2, 0) is 19.4 Å². The van der Waals surface area contributed by atoms with Crippen molar-refractivity contribution < 1.29 is 0 Å². The van der Waals surface area contributed by atoms with E-state index in [1.54, 1.807) is 22.3 Å². The molecule has 3 heteroatoms. The number of hydrogen-bond donors (Lipinski definition) is 1. The fourth-order valence-electron chi connectivity index (χ4n) is 3.79. The van der Waals surface area contributed by atoms with E-state index < -0.39 is 0 Å². The number of fused-ring (bicyclic) bond motifs is 3. The minimum atomic E-state index is 0. The van der Waals surface area contributed by atoms with E-state index in [1.165, 1.54) is 31.2 Å². The van der Waals surface area contributed by atoms with Crippen LogP contribution >= 0.6 is 12.4 Å². The van der Waals surface area contributed by atoms with Crippen molar-refractivity contribution in [2.45, 2.75) is 38.6 Å². The predicted molar refractivity (Wildman–Crippen MR) is 82.5 cm³/mol. The molecule has 102 valence electrons. The highest BCUT2D eigenvalue weighted by atomic mass is 35.5. The Balaban J connectivity index is 0.00000110. The summed E-state index contributed by atoms with van der Waals surface area (Å²) in [6.07, 6.45) is 3.68. The molecular formula is C16H21ClN2. The number of hydrogen-bond acceptors (Lipinski definition) is 1. The van der Waals surface area contributed by atoms with Crippen LogP contribution in [0.4, 0.5) is 0 Å². The Morgan fingerprint density at radius 2 is 2.05 bits per heavy atom. The summed E-state index contributed by atoms with van der Waals surface area (Å²) < 4.78 is 2.62. The first kappa shape index (κ1) is 13.0. The Hall–Kier alpha value is -0.990. The molecule has 0 saturated heterocycles. The van der Waals surface area contributed by atoms with Crippen molar-refractivity contribution in [1.82, 2.24) is 9.88 Å². The minimum absolute atomic E-state index is 0. The van der Waals surface area contributed by atoms with Crippen molar-refractivity contribution in [2.75, 3.05) is 13.1 Å². The molecule has 0 aliphatic carbocycles. The summed E-state index contributed by atoms with van der Waals surface area (Å²) in [5, 5.41) is 5.05. The van der Waals surface area contributed by atoms with Crippen molar-refractivity contribution in [3.63, 3.8) is 0 Å². The third kappa shape index (κ3) is 1.81. The molecule has 1 aromatic carbocycles. The molecule has 19 heavy (non-hydrogen) atoms. The van der Waals surface area contributed by atoms with Gasteiger partial charge in [0.1, 0.15) is 0 Å². The number of benzene rings is 1. The molecule has 0 bridgehead atoms. The Morgan fingerprint density at radius 1 is 1.21 bits per heavy atom. The van der Waals surface area contributed by atoms with E-state index in [4.69, 9.17) is 0 Å². The van der Waals surface area contributed by atoms with Crippen molar-refractivity contribution in [1.29, 1.82) is 0 Å². The summed E-state index contributed by atoms with van der Waals surface area (Å²) in [7, 11) is 0. The first-order chi connectivity index (χ1) is 8.86. The molecule has 0 amide bonds. The van der Waals surface area contributed by atoms with Crippen LogP contribution in [0, 0.1) is 0 Å². The van der Waals surface area contributed by atoms with Crippen LogP contribution in [0.5, 0.6) is 0 Å². The molecule has 2 aliphatic heterocycles. The van der Waals surface area contributed by atoms with Gasteiger partial charge in [-0.3, -0.25) is 0 Å². The van der Waals surface area contributed by atoms with Gasteiger partial charge in [-0.25, -0.2) is 0 Å². The predicted octanol–water partition coefficient (Wildman–Crippen LogP) is 3.26. The van der Waals surface area contributed by atoms with Gasteiger partial charge in [-0.2, -0.15) is 0 Å². The number of aromatic nitrogens is 1. The molecule has 2 nitrogen and oxygen atoms in total. The van der Waals surface area contributed by atoms with Gasteiger partial charge in [0.15, 0.2) is 0 Å². The summed E-state index contributed by atoms with van der Waals surface area (Å²) in [4.78, 5) is 0.